The van der Waals surface area contributed by atoms with Crippen molar-refractivity contribution in [3.05, 3.63) is 20.8 Å². The number of allylic oxidation sites excluding steroid dienone is 2. The van der Waals surface area contributed by atoms with Crippen molar-refractivity contribution in [2.45, 2.75) is 12.5 Å². The van der Waals surface area contributed by atoms with Crippen LogP contribution >= 0.6 is 50.3 Å². The Labute approximate surface area is 126 Å². The lowest BCUT2D eigenvalue weighted by molar-refractivity contribution is -0.147. The normalized spacial score (nSPS) is 28.2. The number of ketones is 1. The van der Waals surface area contributed by atoms with Crippen LogP contribution in [0.1, 0.15) is 6.92 Å². The third-order valence-corrected chi connectivity index (χ3v) is 4.36. The minimum absolute atomic E-state index is 0.231. The number of esters is 1. The number of Topliss-reactive ketones (excluding diaryl/α,β-unsaturated/α-hetero) is 1. The Morgan fingerprint density at radius 2 is 2.24 bits per heavy atom. The molecule has 17 heavy (non-hydrogen) atoms. The van der Waals surface area contributed by atoms with Gasteiger partial charge in [0.25, 0.3) is 0 Å². The summed E-state index contributed by atoms with van der Waals surface area (Å²) in [5, 5.41) is 0.400. The predicted octanol–water partition coefficient (Wildman–Crippen LogP) is 2.46. The van der Waals surface area contributed by atoms with Gasteiger partial charge in [-0.1, -0.05) is 11.6 Å². The molecule has 0 saturated carbocycles. The van der Waals surface area contributed by atoms with Crippen LogP contribution in [0, 0.1) is 5.92 Å². The van der Waals surface area contributed by atoms with Crippen LogP contribution in [0.3, 0.4) is 0 Å². The Morgan fingerprint density at radius 3 is 2.65 bits per heavy atom. The van der Waals surface area contributed by atoms with Gasteiger partial charge in [-0.25, -0.2) is 4.34 Å². The van der Waals surface area contributed by atoms with Crippen molar-refractivity contribution in [1.29, 1.82) is 0 Å². The number of carbonyl (C=O) groups is 2. The van der Waals surface area contributed by atoms with E-state index in [1.165, 1.54) is 20.1 Å². The summed E-state index contributed by atoms with van der Waals surface area (Å²) in [7, 11) is 1.28. The average molecular weight is 434 g/mol. The van der Waals surface area contributed by atoms with Crippen molar-refractivity contribution in [3.8, 4) is 0 Å². The van der Waals surface area contributed by atoms with Crippen LogP contribution < -0.4 is 4.34 Å². The SMILES string of the molecule is COC(=O)C1C(I)=CC(Cl)=CC1(NBr)C(C)=O. The van der Waals surface area contributed by atoms with Crippen LogP contribution in [-0.4, -0.2) is 24.4 Å². The van der Waals surface area contributed by atoms with Gasteiger partial charge in [-0.3, -0.25) is 9.59 Å². The number of carbonyl (C=O) groups excluding carboxylic acids is 2. The van der Waals surface area contributed by atoms with Gasteiger partial charge in [0.1, 0.15) is 11.5 Å². The molecule has 0 aromatic heterocycles. The second kappa shape index (κ2) is 5.81. The van der Waals surface area contributed by atoms with E-state index < -0.39 is 17.4 Å². The first kappa shape index (κ1) is 15.1. The number of hydrogen-bond donors (Lipinski definition) is 1. The van der Waals surface area contributed by atoms with Crippen LogP contribution in [0.4, 0.5) is 0 Å². The van der Waals surface area contributed by atoms with Gasteiger partial charge >= 0.3 is 5.97 Å². The third-order valence-electron chi connectivity index (χ3n) is 2.55. The lowest BCUT2D eigenvalue weighted by Gasteiger charge is -2.35. The minimum atomic E-state index is -1.21. The summed E-state index contributed by atoms with van der Waals surface area (Å²) in [6.07, 6.45) is 3.14. The number of nitrogens with one attached hydrogen (secondary N) is 1. The van der Waals surface area contributed by atoms with E-state index in [0.29, 0.717) is 8.61 Å². The predicted molar refractivity (Wildman–Crippen MR) is 77.0 cm³/mol. The fraction of sp³-hybridized carbons (Fsp3) is 0.400. The highest BCUT2D eigenvalue weighted by Crippen LogP contribution is 2.39. The zero-order valence-corrected chi connectivity index (χ0v) is 13.6. The van der Waals surface area contributed by atoms with E-state index in [9.17, 15) is 9.59 Å². The van der Waals surface area contributed by atoms with Crippen molar-refractivity contribution < 1.29 is 14.3 Å². The highest BCUT2D eigenvalue weighted by Gasteiger charge is 2.49. The van der Waals surface area contributed by atoms with Gasteiger partial charge in [-0.05, 0) is 41.7 Å². The smallest absolute Gasteiger partial charge is 0.316 e. The van der Waals surface area contributed by atoms with Crippen molar-refractivity contribution in [2.75, 3.05) is 7.11 Å². The fourth-order valence-corrected chi connectivity index (χ4v) is 3.82. The van der Waals surface area contributed by atoms with Crippen molar-refractivity contribution in [2.24, 2.45) is 5.92 Å². The topological polar surface area (TPSA) is 55.4 Å². The maximum Gasteiger partial charge on any atom is 0.316 e. The molecule has 0 fully saturated rings. The zero-order valence-electron chi connectivity index (χ0n) is 9.09. The quantitative estimate of drug-likeness (QED) is 0.421. The standard InChI is InChI=1S/C10H10BrClINO3/c1-5(15)10(14-11)4-6(12)3-7(13)8(10)9(16)17-2/h3-4,8,14H,1-2H3. The number of hydrogen-bond acceptors (Lipinski definition) is 4. The van der Waals surface area contributed by atoms with E-state index in [1.54, 1.807) is 6.08 Å². The molecule has 0 saturated heterocycles. The summed E-state index contributed by atoms with van der Waals surface area (Å²) in [5.74, 6) is -1.47. The Bertz CT molecular complexity index is 424. The molecule has 4 nitrogen and oxygen atoms in total. The molecule has 1 aliphatic carbocycles. The molecular weight excluding hydrogens is 424 g/mol. The number of halogens is 3. The molecule has 7 heteroatoms. The van der Waals surface area contributed by atoms with E-state index in [2.05, 4.69) is 20.5 Å². The van der Waals surface area contributed by atoms with E-state index in [0.717, 1.165) is 0 Å². The van der Waals surface area contributed by atoms with Gasteiger partial charge in [0.15, 0.2) is 5.78 Å². The van der Waals surface area contributed by atoms with Gasteiger partial charge in [0.2, 0.25) is 0 Å². The van der Waals surface area contributed by atoms with Gasteiger partial charge in [-0.2, -0.15) is 0 Å². The molecule has 0 bridgehead atoms. The van der Waals surface area contributed by atoms with Crippen LogP contribution in [0.2, 0.25) is 0 Å². The van der Waals surface area contributed by atoms with E-state index in [-0.39, 0.29) is 5.78 Å². The van der Waals surface area contributed by atoms with E-state index in [1.807, 2.05) is 22.6 Å². The Morgan fingerprint density at radius 1 is 1.65 bits per heavy atom. The molecule has 2 unspecified atom stereocenters. The molecule has 0 heterocycles. The summed E-state index contributed by atoms with van der Waals surface area (Å²) in [6.45, 7) is 1.39. The summed E-state index contributed by atoms with van der Waals surface area (Å²) < 4.78 is 8.07. The molecule has 0 radical (unpaired) electrons. The highest BCUT2D eigenvalue weighted by atomic mass is 127. The lowest BCUT2D eigenvalue weighted by atomic mass is 9.78. The monoisotopic (exact) mass is 433 g/mol. The second-order valence-electron chi connectivity index (χ2n) is 3.53. The average Bonchev–Trinajstić information content (AvgIpc) is 2.26. The van der Waals surface area contributed by atoms with Crippen LogP contribution in [0.25, 0.3) is 0 Å². The maximum absolute atomic E-state index is 11.8. The van der Waals surface area contributed by atoms with Crippen LogP contribution in [0.5, 0.6) is 0 Å². The van der Waals surface area contributed by atoms with Crippen LogP contribution in [0.15, 0.2) is 20.8 Å². The Hall–Kier alpha value is 0.0800. The fourth-order valence-electron chi connectivity index (χ4n) is 1.64. The summed E-state index contributed by atoms with van der Waals surface area (Å²) in [6, 6.07) is 0. The van der Waals surface area contributed by atoms with Crippen LogP contribution in [-0.2, 0) is 14.3 Å². The Kier molecular flexibility index (Phi) is 5.18. The summed E-state index contributed by atoms with van der Waals surface area (Å²) in [5.41, 5.74) is -1.21. The molecular formula is C10H10BrClINO3. The molecule has 0 amide bonds. The first-order valence-electron chi connectivity index (χ1n) is 4.61. The highest BCUT2D eigenvalue weighted by molar-refractivity contribution is 14.1. The molecule has 1 N–H and O–H groups in total. The van der Waals surface area contributed by atoms with Gasteiger partial charge in [-0.15, -0.1) is 0 Å². The first-order chi connectivity index (χ1) is 7.89. The molecule has 0 spiro atoms. The molecule has 0 aromatic rings. The molecule has 94 valence electrons. The number of methoxy groups -OCH3 is 1. The molecule has 1 aliphatic rings. The zero-order chi connectivity index (χ0) is 13.2. The van der Waals surface area contributed by atoms with Crippen molar-refractivity contribution in [3.63, 3.8) is 0 Å². The third kappa shape index (κ3) is 2.74. The molecule has 2 atom stereocenters. The summed E-state index contributed by atoms with van der Waals surface area (Å²) in [4.78, 5) is 23.6. The molecule has 0 aliphatic heterocycles. The van der Waals surface area contributed by atoms with Crippen molar-refractivity contribution >= 4 is 62.1 Å². The van der Waals surface area contributed by atoms with Gasteiger partial charge in [0, 0.05) is 24.8 Å². The largest absolute Gasteiger partial charge is 0.468 e. The summed E-state index contributed by atoms with van der Waals surface area (Å²) >= 11 is 11.0. The maximum atomic E-state index is 11.8. The molecule has 1 rings (SSSR count). The van der Waals surface area contributed by atoms with Crippen molar-refractivity contribution in [1.82, 2.24) is 4.34 Å². The number of rotatable bonds is 3. The first-order valence-corrected chi connectivity index (χ1v) is 6.86. The van der Waals surface area contributed by atoms with E-state index in [4.69, 9.17) is 16.3 Å². The van der Waals surface area contributed by atoms with Gasteiger partial charge < -0.3 is 4.74 Å². The van der Waals surface area contributed by atoms with E-state index >= 15 is 0 Å². The Balaban J connectivity index is 3.37. The lowest BCUT2D eigenvalue weighted by Crippen LogP contribution is -2.55. The second-order valence-corrected chi connectivity index (χ2v) is 5.61. The molecule has 0 aromatic carbocycles. The number of ether oxygens (including phenoxy) is 1. The van der Waals surface area contributed by atoms with Gasteiger partial charge in [0.05, 0.1) is 7.11 Å². The minimum Gasteiger partial charge on any atom is -0.468 e.